The number of aryl methyl sites for hydroxylation is 1. The second-order valence-electron chi connectivity index (χ2n) is 4.33. The van der Waals surface area contributed by atoms with E-state index < -0.39 is 10.0 Å². The lowest BCUT2D eigenvalue weighted by Crippen LogP contribution is -2.27. The summed E-state index contributed by atoms with van der Waals surface area (Å²) in [4.78, 5) is 0.314. The van der Waals surface area contributed by atoms with Crippen molar-refractivity contribution in [2.45, 2.75) is 31.1 Å². The SMILES string of the molecule is CCc1ccc(S(=O)(=O)N2CCCC2)cc1N. The van der Waals surface area contributed by atoms with Gasteiger partial charge < -0.3 is 5.73 Å². The summed E-state index contributed by atoms with van der Waals surface area (Å²) in [7, 11) is -3.33. The van der Waals surface area contributed by atoms with Crippen LogP contribution in [-0.4, -0.2) is 25.8 Å². The fourth-order valence-electron chi connectivity index (χ4n) is 2.13. The number of nitrogens with zero attached hydrogens (tertiary/aromatic N) is 1. The van der Waals surface area contributed by atoms with E-state index in [0.717, 1.165) is 24.8 Å². The summed E-state index contributed by atoms with van der Waals surface area (Å²) in [5.74, 6) is 0. The molecule has 0 radical (unpaired) electrons. The van der Waals surface area contributed by atoms with Gasteiger partial charge in [0.1, 0.15) is 0 Å². The van der Waals surface area contributed by atoms with Crippen molar-refractivity contribution in [2.75, 3.05) is 18.8 Å². The fourth-order valence-corrected chi connectivity index (χ4v) is 3.69. The first-order chi connectivity index (χ1) is 8.05. The van der Waals surface area contributed by atoms with E-state index in [2.05, 4.69) is 0 Å². The molecule has 1 aromatic carbocycles. The van der Waals surface area contributed by atoms with Crippen LogP contribution in [0.1, 0.15) is 25.3 Å². The Morgan fingerprint density at radius 1 is 1.29 bits per heavy atom. The second kappa shape index (κ2) is 4.66. The first kappa shape index (κ1) is 12.4. The van der Waals surface area contributed by atoms with Crippen molar-refractivity contribution in [3.63, 3.8) is 0 Å². The van der Waals surface area contributed by atoms with Gasteiger partial charge in [-0.1, -0.05) is 13.0 Å². The molecule has 1 aliphatic rings. The minimum Gasteiger partial charge on any atom is -0.398 e. The van der Waals surface area contributed by atoms with Crippen LogP contribution in [0.2, 0.25) is 0 Å². The van der Waals surface area contributed by atoms with Crippen molar-refractivity contribution in [1.29, 1.82) is 0 Å². The molecule has 17 heavy (non-hydrogen) atoms. The standard InChI is InChI=1S/C12H18N2O2S/c1-2-10-5-6-11(9-12(10)13)17(15,16)14-7-3-4-8-14/h5-6,9H,2-4,7-8,13H2,1H3. The van der Waals surface area contributed by atoms with Gasteiger partial charge in [0.25, 0.3) is 0 Å². The topological polar surface area (TPSA) is 63.4 Å². The normalized spacial score (nSPS) is 17.5. The lowest BCUT2D eigenvalue weighted by molar-refractivity contribution is 0.477. The Kier molecular flexibility index (Phi) is 3.40. The molecule has 1 aromatic rings. The number of hydrogen-bond acceptors (Lipinski definition) is 3. The highest BCUT2D eigenvalue weighted by Crippen LogP contribution is 2.24. The van der Waals surface area contributed by atoms with Gasteiger partial charge in [0.15, 0.2) is 0 Å². The summed E-state index contributed by atoms with van der Waals surface area (Å²) < 4.78 is 26.0. The number of hydrogen-bond donors (Lipinski definition) is 1. The molecule has 2 rings (SSSR count). The summed E-state index contributed by atoms with van der Waals surface area (Å²) in [5, 5.41) is 0. The number of anilines is 1. The smallest absolute Gasteiger partial charge is 0.243 e. The van der Waals surface area contributed by atoms with Crippen LogP contribution in [0.5, 0.6) is 0 Å². The van der Waals surface area contributed by atoms with E-state index >= 15 is 0 Å². The van der Waals surface area contributed by atoms with Gasteiger partial charge in [0.2, 0.25) is 10.0 Å². The van der Waals surface area contributed by atoms with Gasteiger partial charge in [0.05, 0.1) is 4.90 Å². The molecular weight excluding hydrogens is 236 g/mol. The number of benzene rings is 1. The Hall–Kier alpha value is -1.07. The van der Waals surface area contributed by atoms with Crippen LogP contribution in [0.4, 0.5) is 5.69 Å². The van der Waals surface area contributed by atoms with Crippen molar-refractivity contribution in [3.05, 3.63) is 23.8 Å². The van der Waals surface area contributed by atoms with Crippen molar-refractivity contribution >= 4 is 15.7 Å². The minimum absolute atomic E-state index is 0.314. The zero-order chi connectivity index (χ0) is 12.5. The van der Waals surface area contributed by atoms with Crippen LogP contribution in [0, 0.1) is 0 Å². The molecule has 0 atom stereocenters. The van der Waals surface area contributed by atoms with Crippen LogP contribution >= 0.6 is 0 Å². The van der Waals surface area contributed by atoms with E-state index in [0.29, 0.717) is 23.7 Å². The molecule has 1 heterocycles. The lowest BCUT2D eigenvalue weighted by Gasteiger charge is -2.16. The Morgan fingerprint density at radius 2 is 1.94 bits per heavy atom. The molecule has 0 aromatic heterocycles. The molecule has 0 bridgehead atoms. The molecule has 2 N–H and O–H groups in total. The first-order valence-corrected chi connectivity index (χ1v) is 7.38. The summed E-state index contributed by atoms with van der Waals surface area (Å²) in [6.07, 6.45) is 2.71. The second-order valence-corrected chi connectivity index (χ2v) is 6.26. The maximum Gasteiger partial charge on any atom is 0.243 e. The Morgan fingerprint density at radius 3 is 2.47 bits per heavy atom. The van der Waals surface area contributed by atoms with Crippen LogP contribution < -0.4 is 5.73 Å². The third-order valence-corrected chi connectivity index (χ3v) is 5.10. The molecule has 0 amide bonds. The highest BCUT2D eigenvalue weighted by atomic mass is 32.2. The van der Waals surface area contributed by atoms with Gasteiger partial charge in [-0.15, -0.1) is 0 Å². The Bertz CT molecular complexity index is 505. The largest absolute Gasteiger partial charge is 0.398 e. The molecule has 4 nitrogen and oxygen atoms in total. The summed E-state index contributed by atoms with van der Waals surface area (Å²) in [6.45, 7) is 3.25. The van der Waals surface area contributed by atoms with E-state index in [-0.39, 0.29) is 0 Å². The molecular formula is C12H18N2O2S. The third kappa shape index (κ3) is 2.30. The van der Waals surface area contributed by atoms with Crippen LogP contribution in [0.25, 0.3) is 0 Å². The van der Waals surface area contributed by atoms with Gasteiger partial charge in [-0.05, 0) is 37.0 Å². The van der Waals surface area contributed by atoms with Crippen LogP contribution in [0.3, 0.4) is 0 Å². The molecule has 94 valence electrons. The number of nitrogen functional groups attached to an aromatic ring is 1. The van der Waals surface area contributed by atoms with Gasteiger partial charge >= 0.3 is 0 Å². The van der Waals surface area contributed by atoms with Crippen molar-refractivity contribution < 1.29 is 8.42 Å². The monoisotopic (exact) mass is 254 g/mol. The van der Waals surface area contributed by atoms with E-state index in [1.165, 1.54) is 4.31 Å². The van der Waals surface area contributed by atoms with E-state index in [9.17, 15) is 8.42 Å². The summed E-state index contributed by atoms with van der Waals surface area (Å²) in [6, 6.07) is 5.04. The summed E-state index contributed by atoms with van der Waals surface area (Å²) >= 11 is 0. The molecule has 5 heteroatoms. The number of nitrogens with two attached hydrogens (primary N) is 1. The molecule has 0 saturated carbocycles. The van der Waals surface area contributed by atoms with E-state index in [1.54, 1.807) is 18.2 Å². The van der Waals surface area contributed by atoms with Crippen molar-refractivity contribution in [2.24, 2.45) is 0 Å². The predicted octanol–water partition coefficient (Wildman–Crippen LogP) is 1.62. The minimum atomic E-state index is -3.33. The average molecular weight is 254 g/mol. The highest BCUT2D eigenvalue weighted by molar-refractivity contribution is 7.89. The summed E-state index contributed by atoms with van der Waals surface area (Å²) in [5.41, 5.74) is 7.40. The Balaban J connectivity index is 2.36. The van der Waals surface area contributed by atoms with Gasteiger partial charge in [-0.25, -0.2) is 8.42 Å². The predicted molar refractivity (Wildman–Crippen MR) is 68.2 cm³/mol. The maximum absolute atomic E-state index is 12.3. The Labute approximate surface area is 102 Å². The average Bonchev–Trinajstić information content (AvgIpc) is 2.83. The van der Waals surface area contributed by atoms with Crippen LogP contribution in [-0.2, 0) is 16.4 Å². The third-order valence-electron chi connectivity index (χ3n) is 3.20. The van der Waals surface area contributed by atoms with E-state index in [1.807, 2.05) is 6.92 Å². The molecule has 0 spiro atoms. The van der Waals surface area contributed by atoms with Gasteiger partial charge in [-0.3, -0.25) is 0 Å². The zero-order valence-electron chi connectivity index (χ0n) is 10.0. The van der Waals surface area contributed by atoms with E-state index in [4.69, 9.17) is 5.73 Å². The van der Waals surface area contributed by atoms with Gasteiger partial charge in [-0.2, -0.15) is 4.31 Å². The lowest BCUT2D eigenvalue weighted by atomic mass is 10.1. The van der Waals surface area contributed by atoms with Crippen molar-refractivity contribution in [1.82, 2.24) is 4.31 Å². The zero-order valence-corrected chi connectivity index (χ0v) is 10.8. The molecule has 0 unspecified atom stereocenters. The number of sulfonamides is 1. The van der Waals surface area contributed by atoms with Gasteiger partial charge in [0, 0.05) is 18.8 Å². The van der Waals surface area contributed by atoms with Crippen molar-refractivity contribution in [3.8, 4) is 0 Å². The molecule has 1 aliphatic heterocycles. The molecule has 1 saturated heterocycles. The molecule has 1 fully saturated rings. The van der Waals surface area contributed by atoms with Crippen LogP contribution in [0.15, 0.2) is 23.1 Å². The quantitative estimate of drug-likeness (QED) is 0.834. The molecule has 0 aliphatic carbocycles. The number of rotatable bonds is 3. The maximum atomic E-state index is 12.3. The first-order valence-electron chi connectivity index (χ1n) is 5.94. The highest BCUT2D eigenvalue weighted by Gasteiger charge is 2.27. The fraction of sp³-hybridized carbons (Fsp3) is 0.500.